The standard InChI is InChI=1S/C14H17N3O10/c15-8(1-7-4-16-6-17-7)12(22)27-11(21)5-26-10(20)3-14(25,13(23)24)2-9(18)19/h4,6,8,25H,1-3,5,15H2,(H,16,17)(H,18,19)(H,23,24)/t8-,14?/m0/s1. The molecule has 0 saturated heterocycles. The Labute approximate surface area is 151 Å². The summed E-state index contributed by atoms with van der Waals surface area (Å²) in [6.45, 7) is -1.07. The molecule has 1 unspecified atom stereocenters. The second-order valence-electron chi connectivity index (χ2n) is 5.43. The van der Waals surface area contributed by atoms with Gasteiger partial charge in [-0.2, -0.15) is 0 Å². The lowest BCUT2D eigenvalue weighted by molar-refractivity contribution is -0.175. The van der Waals surface area contributed by atoms with Crippen molar-refractivity contribution in [3.05, 3.63) is 18.2 Å². The summed E-state index contributed by atoms with van der Waals surface area (Å²) in [4.78, 5) is 62.5. The van der Waals surface area contributed by atoms with E-state index in [9.17, 15) is 29.1 Å². The molecular weight excluding hydrogens is 370 g/mol. The van der Waals surface area contributed by atoms with E-state index < -0.39 is 60.9 Å². The molecule has 6 N–H and O–H groups in total. The van der Waals surface area contributed by atoms with Crippen LogP contribution in [0.25, 0.3) is 0 Å². The molecule has 0 amide bonds. The monoisotopic (exact) mass is 387 g/mol. The third-order valence-electron chi connectivity index (χ3n) is 3.14. The maximum Gasteiger partial charge on any atom is 0.351 e. The van der Waals surface area contributed by atoms with Crippen LogP contribution in [-0.2, 0) is 39.9 Å². The van der Waals surface area contributed by atoms with E-state index in [0.29, 0.717) is 5.69 Å². The van der Waals surface area contributed by atoms with Crippen molar-refractivity contribution in [1.82, 2.24) is 9.97 Å². The molecular formula is C14H17N3O10. The molecule has 1 rings (SSSR count). The number of hydrogen-bond acceptors (Lipinski definition) is 10. The Morgan fingerprint density at radius 1 is 1.19 bits per heavy atom. The SMILES string of the molecule is N[C@@H](Cc1cnc[nH]1)C(=O)OC(=O)COC(=O)CC(O)(CC(=O)O)C(=O)O. The molecule has 0 aromatic carbocycles. The van der Waals surface area contributed by atoms with Gasteiger partial charge in [-0.15, -0.1) is 0 Å². The minimum Gasteiger partial charge on any atom is -0.481 e. The molecule has 27 heavy (non-hydrogen) atoms. The van der Waals surface area contributed by atoms with E-state index in [2.05, 4.69) is 19.4 Å². The Balaban J connectivity index is 2.46. The maximum absolute atomic E-state index is 11.6. The van der Waals surface area contributed by atoms with Gasteiger partial charge in [-0.25, -0.2) is 19.4 Å². The van der Waals surface area contributed by atoms with Gasteiger partial charge in [0.15, 0.2) is 12.2 Å². The normalized spacial score (nSPS) is 13.9. The average molecular weight is 387 g/mol. The molecule has 1 aromatic heterocycles. The molecule has 0 saturated carbocycles. The van der Waals surface area contributed by atoms with Gasteiger partial charge < -0.3 is 35.5 Å². The van der Waals surface area contributed by atoms with Crippen molar-refractivity contribution >= 4 is 29.8 Å². The van der Waals surface area contributed by atoms with E-state index in [1.165, 1.54) is 12.5 Å². The first-order valence-electron chi connectivity index (χ1n) is 7.34. The summed E-state index contributed by atoms with van der Waals surface area (Å²) in [5.41, 5.74) is 3.15. The molecule has 0 spiro atoms. The quantitative estimate of drug-likeness (QED) is 0.209. The van der Waals surface area contributed by atoms with Crippen LogP contribution >= 0.6 is 0 Å². The van der Waals surface area contributed by atoms with E-state index in [4.69, 9.17) is 15.9 Å². The molecule has 0 aliphatic rings. The number of nitrogens with one attached hydrogen (secondary N) is 1. The molecule has 13 heteroatoms. The lowest BCUT2D eigenvalue weighted by atomic mass is 9.96. The predicted octanol–water partition coefficient (Wildman–Crippen LogP) is -2.43. The summed E-state index contributed by atoms with van der Waals surface area (Å²) >= 11 is 0. The lowest BCUT2D eigenvalue weighted by Gasteiger charge is -2.20. The Morgan fingerprint density at radius 2 is 1.85 bits per heavy atom. The summed E-state index contributed by atoms with van der Waals surface area (Å²) < 4.78 is 8.74. The number of aromatic amines is 1. The Hall–Kier alpha value is -3.32. The summed E-state index contributed by atoms with van der Waals surface area (Å²) in [5.74, 6) is -7.38. The van der Waals surface area contributed by atoms with E-state index in [-0.39, 0.29) is 6.42 Å². The first-order chi connectivity index (χ1) is 12.5. The smallest absolute Gasteiger partial charge is 0.351 e. The molecule has 0 aliphatic heterocycles. The van der Waals surface area contributed by atoms with Crippen LogP contribution in [0.3, 0.4) is 0 Å². The predicted molar refractivity (Wildman–Crippen MR) is 81.8 cm³/mol. The molecule has 0 radical (unpaired) electrons. The highest BCUT2D eigenvalue weighted by Crippen LogP contribution is 2.17. The fourth-order valence-corrected chi connectivity index (χ4v) is 1.83. The first-order valence-corrected chi connectivity index (χ1v) is 7.34. The molecule has 13 nitrogen and oxygen atoms in total. The van der Waals surface area contributed by atoms with Crippen LogP contribution in [0, 0.1) is 0 Å². The fourth-order valence-electron chi connectivity index (χ4n) is 1.83. The number of ether oxygens (including phenoxy) is 2. The summed E-state index contributed by atoms with van der Waals surface area (Å²) in [6.07, 6.45) is 0.295. The number of carboxylic acids is 2. The molecule has 148 valence electrons. The molecule has 0 fully saturated rings. The zero-order valence-corrected chi connectivity index (χ0v) is 13.8. The lowest BCUT2D eigenvalue weighted by Crippen LogP contribution is -2.43. The number of carboxylic acid groups (broad SMARTS) is 2. The highest BCUT2D eigenvalue weighted by molar-refractivity contribution is 5.91. The fraction of sp³-hybridized carbons (Fsp3) is 0.429. The third kappa shape index (κ3) is 7.21. The second kappa shape index (κ2) is 9.40. The summed E-state index contributed by atoms with van der Waals surface area (Å²) in [7, 11) is 0. The van der Waals surface area contributed by atoms with Crippen LogP contribution in [0.5, 0.6) is 0 Å². The van der Waals surface area contributed by atoms with Crippen LogP contribution in [0.2, 0.25) is 0 Å². The van der Waals surface area contributed by atoms with Gasteiger partial charge in [0.25, 0.3) is 0 Å². The number of hydrogen-bond donors (Lipinski definition) is 5. The van der Waals surface area contributed by atoms with Gasteiger partial charge in [0.1, 0.15) is 6.04 Å². The van der Waals surface area contributed by atoms with E-state index in [0.717, 1.165) is 0 Å². The van der Waals surface area contributed by atoms with E-state index in [1.54, 1.807) is 0 Å². The number of carbonyl (C=O) groups is 5. The number of aliphatic hydroxyl groups is 1. The number of nitrogens with two attached hydrogens (primary N) is 1. The van der Waals surface area contributed by atoms with Crippen LogP contribution < -0.4 is 5.73 Å². The van der Waals surface area contributed by atoms with E-state index >= 15 is 0 Å². The van der Waals surface area contributed by atoms with Crippen LogP contribution in [0.1, 0.15) is 18.5 Å². The van der Waals surface area contributed by atoms with Crippen molar-refractivity contribution in [2.24, 2.45) is 5.73 Å². The zero-order chi connectivity index (χ0) is 20.6. The highest BCUT2D eigenvalue weighted by atomic mass is 16.6. The number of aliphatic carboxylic acids is 2. The Bertz CT molecular complexity index is 717. The Morgan fingerprint density at radius 3 is 2.37 bits per heavy atom. The second-order valence-corrected chi connectivity index (χ2v) is 5.43. The van der Waals surface area contributed by atoms with Crippen LogP contribution in [-0.4, -0.2) is 73.4 Å². The molecule has 0 bridgehead atoms. The zero-order valence-electron chi connectivity index (χ0n) is 13.8. The number of nitrogens with zero attached hydrogens (tertiary/aromatic N) is 1. The van der Waals surface area contributed by atoms with Gasteiger partial charge in [-0.3, -0.25) is 9.59 Å². The summed E-state index contributed by atoms with van der Waals surface area (Å²) in [6, 6.07) is -1.20. The van der Waals surface area contributed by atoms with Crippen molar-refractivity contribution < 1.29 is 48.8 Å². The number of carbonyl (C=O) groups excluding carboxylic acids is 3. The van der Waals surface area contributed by atoms with Crippen molar-refractivity contribution in [2.75, 3.05) is 6.61 Å². The number of H-pyrrole nitrogens is 1. The highest BCUT2D eigenvalue weighted by Gasteiger charge is 2.41. The van der Waals surface area contributed by atoms with Gasteiger partial charge in [-0.05, 0) is 0 Å². The number of imidazole rings is 1. The van der Waals surface area contributed by atoms with Gasteiger partial charge >= 0.3 is 29.8 Å². The minimum absolute atomic E-state index is 0.00668. The number of rotatable bonds is 10. The van der Waals surface area contributed by atoms with Crippen molar-refractivity contribution in [1.29, 1.82) is 0 Å². The maximum atomic E-state index is 11.6. The minimum atomic E-state index is -2.91. The average Bonchev–Trinajstić information content (AvgIpc) is 3.04. The molecule has 1 aromatic rings. The van der Waals surface area contributed by atoms with E-state index in [1.807, 2.05) is 0 Å². The molecule has 0 aliphatic carbocycles. The van der Waals surface area contributed by atoms with Crippen molar-refractivity contribution in [3.63, 3.8) is 0 Å². The largest absolute Gasteiger partial charge is 0.481 e. The summed E-state index contributed by atoms with van der Waals surface area (Å²) in [5, 5.41) is 27.0. The van der Waals surface area contributed by atoms with Crippen LogP contribution in [0.4, 0.5) is 0 Å². The van der Waals surface area contributed by atoms with Crippen molar-refractivity contribution in [3.8, 4) is 0 Å². The topological polar surface area (TPSA) is 219 Å². The van der Waals surface area contributed by atoms with Crippen LogP contribution in [0.15, 0.2) is 12.5 Å². The molecule has 2 atom stereocenters. The van der Waals surface area contributed by atoms with Crippen molar-refractivity contribution in [2.45, 2.75) is 30.9 Å². The van der Waals surface area contributed by atoms with Gasteiger partial charge in [0.2, 0.25) is 0 Å². The van der Waals surface area contributed by atoms with Gasteiger partial charge in [-0.1, -0.05) is 0 Å². The van der Waals surface area contributed by atoms with Gasteiger partial charge in [0.05, 0.1) is 19.2 Å². The first kappa shape index (κ1) is 21.7. The Kier molecular flexibility index (Phi) is 7.56. The number of esters is 3. The molecule has 1 heterocycles. The van der Waals surface area contributed by atoms with Gasteiger partial charge in [0, 0.05) is 18.3 Å². The number of aromatic nitrogens is 2. The third-order valence-corrected chi connectivity index (χ3v) is 3.14.